The van der Waals surface area contributed by atoms with Gasteiger partial charge in [0.25, 0.3) is 0 Å². The molecule has 62 valence electrons. The van der Waals surface area contributed by atoms with Crippen LogP contribution in [0.15, 0.2) is 0 Å². The minimum atomic E-state index is 0. The van der Waals surface area contributed by atoms with Crippen molar-refractivity contribution in [2.75, 3.05) is 0 Å². The maximum absolute atomic E-state index is 3.58. The molecule has 0 aromatic carbocycles. The normalized spacial score (nSPS) is 19.9. The Kier molecular flexibility index (Phi) is 7.04. The minimum Gasteiger partial charge on any atom is -1.00 e. The maximum atomic E-state index is 3.58. The van der Waals surface area contributed by atoms with Crippen LogP contribution in [0.4, 0.5) is 0 Å². The van der Waals surface area contributed by atoms with Crippen molar-refractivity contribution < 1.29 is 31.0 Å². The number of rotatable bonds is 2. The van der Waals surface area contributed by atoms with Crippen molar-refractivity contribution in [3.8, 4) is 0 Å². The quantitative estimate of drug-likeness (QED) is 0.541. The van der Waals surface area contributed by atoms with E-state index in [-0.39, 0.29) is 31.0 Å². The fraction of sp³-hybridized carbons (Fsp3) is 1.00. The first kappa shape index (κ1) is 12.0. The van der Waals surface area contributed by atoms with Gasteiger partial charge in [0.15, 0.2) is 0 Å². The van der Waals surface area contributed by atoms with E-state index in [1.165, 1.54) is 32.1 Å². The molecule has 0 heterocycles. The average molecular weight is 165 g/mol. The van der Waals surface area contributed by atoms with E-state index in [0.717, 1.165) is 6.04 Å². The van der Waals surface area contributed by atoms with Crippen LogP contribution < -0.4 is 34.9 Å². The molecule has 0 amide bonds. The summed E-state index contributed by atoms with van der Waals surface area (Å²) in [6.45, 7) is 4.46. The van der Waals surface area contributed by atoms with E-state index in [4.69, 9.17) is 0 Å². The molecule has 0 saturated heterocycles. The van der Waals surface area contributed by atoms with Crippen molar-refractivity contribution in [2.45, 2.75) is 58.0 Å². The van der Waals surface area contributed by atoms with Crippen LogP contribution >= 0.6 is 0 Å². The Balaban J connectivity index is 0. The summed E-state index contributed by atoms with van der Waals surface area (Å²) in [5.74, 6) is 0. The molecule has 1 nitrogen and oxygen atoms in total. The molecule has 11 heavy (non-hydrogen) atoms. The number of nitrogens with one attached hydrogen (secondary N) is 1. The molecule has 1 rings (SSSR count). The molecular formula is C9H20NNa. The SMILES string of the molecule is CC(C)NC1CCCCC1.[H-].[Na+]. The van der Waals surface area contributed by atoms with E-state index in [1.807, 2.05) is 0 Å². The van der Waals surface area contributed by atoms with Gasteiger partial charge in [-0.1, -0.05) is 33.1 Å². The molecule has 0 aromatic heterocycles. The number of hydrogen-bond donors (Lipinski definition) is 1. The van der Waals surface area contributed by atoms with Crippen LogP contribution in [0.25, 0.3) is 0 Å². The van der Waals surface area contributed by atoms with Crippen LogP contribution in [0.3, 0.4) is 0 Å². The minimum absolute atomic E-state index is 0. The van der Waals surface area contributed by atoms with Gasteiger partial charge in [-0.05, 0) is 12.8 Å². The first-order chi connectivity index (χ1) is 4.79. The molecule has 1 N–H and O–H groups in total. The van der Waals surface area contributed by atoms with E-state index < -0.39 is 0 Å². The predicted octanol–water partition coefficient (Wildman–Crippen LogP) is -0.566. The summed E-state index contributed by atoms with van der Waals surface area (Å²) in [6.07, 6.45) is 7.13. The van der Waals surface area contributed by atoms with Gasteiger partial charge in [0, 0.05) is 12.1 Å². The van der Waals surface area contributed by atoms with Crippen LogP contribution in [0.1, 0.15) is 47.4 Å². The summed E-state index contributed by atoms with van der Waals surface area (Å²) in [4.78, 5) is 0. The molecule has 0 unspecified atom stereocenters. The Morgan fingerprint density at radius 3 is 2.18 bits per heavy atom. The largest absolute Gasteiger partial charge is 1.00 e. The smallest absolute Gasteiger partial charge is 1.00 e. The van der Waals surface area contributed by atoms with E-state index >= 15 is 0 Å². The van der Waals surface area contributed by atoms with Gasteiger partial charge in [0.2, 0.25) is 0 Å². The summed E-state index contributed by atoms with van der Waals surface area (Å²) in [6, 6.07) is 1.50. The van der Waals surface area contributed by atoms with Gasteiger partial charge in [-0.25, -0.2) is 0 Å². The third-order valence-electron chi connectivity index (χ3n) is 2.17. The Labute approximate surface area is 94.1 Å². The van der Waals surface area contributed by atoms with Gasteiger partial charge in [0.05, 0.1) is 0 Å². The summed E-state index contributed by atoms with van der Waals surface area (Å²) in [7, 11) is 0. The van der Waals surface area contributed by atoms with E-state index in [2.05, 4.69) is 19.2 Å². The second-order valence-electron chi connectivity index (χ2n) is 3.66. The van der Waals surface area contributed by atoms with Gasteiger partial charge in [-0.15, -0.1) is 0 Å². The molecule has 0 radical (unpaired) electrons. The zero-order valence-electron chi connectivity index (χ0n) is 9.19. The average Bonchev–Trinajstić information content (AvgIpc) is 1.88. The Hall–Kier alpha value is 0.960. The van der Waals surface area contributed by atoms with Gasteiger partial charge in [0.1, 0.15) is 0 Å². The Bertz CT molecular complexity index is 92.5. The maximum Gasteiger partial charge on any atom is 1.00 e. The molecule has 0 atom stereocenters. The molecule has 1 aliphatic carbocycles. The second kappa shape index (κ2) is 6.47. The van der Waals surface area contributed by atoms with E-state index in [9.17, 15) is 0 Å². The molecular weight excluding hydrogens is 145 g/mol. The van der Waals surface area contributed by atoms with Gasteiger partial charge >= 0.3 is 29.6 Å². The summed E-state index contributed by atoms with van der Waals surface area (Å²) in [5.41, 5.74) is 0. The molecule has 1 fully saturated rings. The van der Waals surface area contributed by atoms with E-state index in [0.29, 0.717) is 6.04 Å². The molecule has 0 aliphatic heterocycles. The zero-order valence-corrected chi connectivity index (χ0v) is 10.2. The molecule has 1 aliphatic rings. The zero-order chi connectivity index (χ0) is 7.40. The van der Waals surface area contributed by atoms with Crippen molar-refractivity contribution in [3.05, 3.63) is 0 Å². The van der Waals surface area contributed by atoms with Gasteiger partial charge in [-0.2, -0.15) is 0 Å². The Morgan fingerprint density at radius 2 is 1.73 bits per heavy atom. The predicted molar refractivity (Wildman–Crippen MR) is 46.3 cm³/mol. The van der Waals surface area contributed by atoms with Gasteiger partial charge < -0.3 is 6.74 Å². The Morgan fingerprint density at radius 1 is 1.18 bits per heavy atom. The topological polar surface area (TPSA) is 12.0 Å². The van der Waals surface area contributed by atoms with Crippen molar-refractivity contribution in [1.82, 2.24) is 5.32 Å². The summed E-state index contributed by atoms with van der Waals surface area (Å²) < 4.78 is 0. The summed E-state index contributed by atoms with van der Waals surface area (Å²) in [5, 5.41) is 3.58. The fourth-order valence-corrected chi connectivity index (χ4v) is 1.74. The van der Waals surface area contributed by atoms with Gasteiger partial charge in [-0.3, -0.25) is 0 Å². The van der Waals surface area contributed by atoms with Crippen LogP contribution in [0.5, 0.6) is 0 Å². The molecule has 0 spiro atoms. The van der Waals surface area contributed by atoms with Crippen molar-refractivity contribution in [1.29, 1.82) is 0 Å². The fourth-order valence-electron chi connectivity index (χ4n) is 1.74. The van der Waals surface area contributed by atoms with Crippen LogP contribution in [-0.2, 0) is 0 Å². The number of hydrogen-bond acceptors (Lipinski definition) is 1. The van der Waals surface area contributed by atoms with Crippen LogP contribution in [0.2, 0.25) is 0 Å². The van der Waals surface area contributed by atoms with Crippen LogP contribution in [0, 0.1) is 0 Å². The standard InChI is InChI=1S/C9H19N.Na.H/c1-8(2)10-9-6-4-3-5-7-9;;/h8-10H,3-7H2,1-2H3;;/q;+1;-1. The first-order valence-electron chi connectivity index (χ1n) is 4.55. The summed E-state index contributed by atoms with van der Waals surface area (Å²) >= 11 is 0. The second-order valence-corrected chi connectivity index (χ2v) is 3.66. The van der Waals surface area contributed by atoms with Crippen molar-refractivity contribution in [3.63, 3.8) is 0 Å². The van der Waals surface area contributed by atoms with Crippen molar-refractivity contribution >= 4 is 0 Å². The van der Waals surface area contributed by atoms with Crippen LogP contribution in [-0.4, -0.2) is 12.1 Å². The van der Waals surface area contributed by atoms with Crippen molar-refractivity contribution in [2.24, 2.45) is 0 Å². The third kappa shape index (κ3) is 5.24. The monoisotopic (exact) mass is 165 g/mol. The first-order valence-corrected chi connectivity index (χ1v) is 4.55. The third-order valence-corrected chi connectivity index (χ3v) is 2.17. The molecule has 1 saturated carbocycles. The molecule has 2 heteroatoms. The molecule has 0 bridgehead atoms. The molecule has 0 aromatic rings. The van der Waals surface area contributed by atoms with E-state index in [1.54, 1.807) is 0 Å².